The van der Waals surface area contributed by atoms with Gasteiger partial charge in [0.15, 0.2) is 0 Å². The zero-order valence-electron chi connectivity index (χ0n) is 15.4. The Labute approximate surface area is 172 Å². The van der Waals surface area contributed by atoms with Gasteiger partial charge in [0, 0.05) is 10.9 Å². The average Bonchev–Trinajstić information content (AvgIpc) is 2.70. The molecule has 1 aromatic carbocycles. The number of hydrogen-bond donors (Lipinski definition) is 1. The van der Waals surface area contributed by atoms with Gasteiger partial charge in [-0.1, -0.05) is 42.4 Å². The molecule has 0 saturated carbocycles. The summed E-state index contributed by atoms with van der Waals surface area (Å²) in [7, 11) is 1.18. The minimum absolute atomic E-state index is 0.0724. The summed E-state index contributed by atoms with van der Waals surface area (Å²) in [4.78, 5) is 36.7. The molecular formula is C19H19ClN2O5S. The predicted molar refractivity (Wildman–Crippen MR) is 104 cm³/mol. The van der Waals surface area contributed by atoms with Crippen LogP contribution in [0, 0.1) is 17.2 Å². The SMILES string of the molecule is CCCOC(=O)CSC1=C(C#N)[C@H](c2ccc(Cl)cc2)[C@@H](C(=O)OC)C(=O)N1. The molecule has 0 fully saturated rings. The highest BCUT2D eigenvalue weighted by Gasteiger charge is 2.44. The molecule has 28 heavy (non-hydrogen) atoms. The van der Waals surface area contributed by atoms with E-state index >= 15 is 0 Å². The van der Waals surface area contributed by atoms with Crippen LogP contribution in [0.4, 0.5) is 0 Å². The topological polar surface area (TPSA) is 105 Å². The first-order chi connectivity index (χ1) is 13.4. The predicted octanol–water partition coefficient (Wildman–Crippen LogP) is 2.76. The summed E-state index contributed by atoms with van der Waals surface area (Å²) in [6, 6.07) is 8.59. The highest BCUT2D eigenvalue weighted by molar-refractivity contribution is 8.03. The molecule has 0 aromatic heterocycles. The van der Waals surface area contributed by atoms with Crippen LogP contribution in [0.1, 0.15) is 24.8 Å². The molecule has 1 amide bonds. The van der Waals surface area contributed by atoms with Crippen LogP contribution in [0.5, 0.6) is 0 Å². The monoisotopic (exact) mass is 422 g/mol. The van der Waals surface area contributed by atoms with E-state index in [1.165, 1.54) is 7.11 Å². The van der Waals surface area contributed by atoms with Crippen molar-refractivity contribution in [3.05, 3.63) is 45.5 Å². The highest BCUT2D eigenvalue weighted by Crippen LogP contribution is 2.40. The number of nitrogens with zero attached hydrogens (tertiary/aromatic N) is 1. The van der Waals surface area contributed by atoms with Crippen molar-refractivity contribution in [1.82, 2.24) is 5.32 Å². The zero-order chi connectivity index (χ0) is 20.7. The molecule has 1 aromatic rings. The number of amides is 1. The van der Waals surface area contributed by atoms with Crippen LogP contribution < -0.4 is 5.32 Å². The summed E-state index contributed by atoms with van der Waals surface area (Å²) in [5, 5.41) is 13.0. The van der Waals surface area contributed by atoms with Crippen molar-refractivity contribution in [2.75, 3.05) is 19.5 Å². The molecule has 2 atom stereocenters. The van der Waals surface area contributed by atoms with E-state index in [0.29, 0.717) is 23.6 Å². The third kappa shape index (κ3) is 5.06. The maximum Gasteiger partial charge on any atom is 0.319 e. The fourth-order valence-electron chi connectivity index (χ4n) is 2.74. The second kappa shape index (κ2) is 10.2. The number of nitriles is 1. The normalized spacial score (nSPS) is 18.9. The van der Waals surface area contributed by atoms with Gasteiger partial charge < -0.3 is 14.8 Å². The largest absolute Gasteiger partial charge is 0.468 e. The Hall–Kier alpha value is -2.50. The zero-order valence-corrected chi connectivity index (χ0v) is 16.9. The lowest BCUT2D eigenvalue weighted by atomic mass is 9.78. The van der Waals surface area contributed by atoms with Gasteiger partial charge in [-0.05, 0) is 24.1 Å². The minimum atomic E-state index is -1.22. The van der Waals surface area contributed by atoms with Crippen LogP contribution in [-0.4, -0.2) is 37.3 Å². The van der Waals surface area contributed by atoms with E-state index in [1.54, 1.807) is 24.3 Å². The number of halogens is 1. The molecule has 0 unspecified atom stereocenters. The van der Waals surface area contributed by atoms with Crippen molar-refractivity contribution >= 4 is 41.2 Å². The lowest BCUT2D eigenvalue weighted by molar-refractivity contribution is -0.150. The summed E-state index contributed by atoms with van der Waals surface area (Å²) >= 11 is 6.91. The van der Waals surface area contributed by atoms with Crippen LogP contribution in [0.25, 0.3) is 0 Å². The first kappa shape index (κ1) is 21.8. The van der Waals surface area contributed by atoms with E-state index in [9.17, 15) is 19.6 Å². The van der Waals surface area contributed by atoms with Crippen molar-refractivity contribution in [3.63, 3.8) is 0 Å². The van der Waals surface area contributed by atoms with Gasteiger partial charge in [-0.25, -0.2) is 0 Å². The maximum atomic E-state index is 12.6. The molecular weight excluding hydrogens is 404 g/mol. The molecule has 1 aliphatic rings. The fraction of sp³-hybridized carbons (Fsp3) is 0.368. The molecule has 2 rings (SSSR count). The van der Waals surface area contributed by atoms with E-state index in [1.807, 2.05) is 6.92 Å². The van der Waals surface area contributed by atoms with Crippen LogP contribution >= 0.6 is 23.4 Å². The second-order valence-corrected chi connectivity index (χ2v) is 7.31. The minimum Gasteiger partial charge on any atom is -0.468 e. The number of hydrogen-bond acceptors (Lipinski definition) is 7. The van der Waals surface area contributed by atoms with Crippen LogP contribution in [-0.2, 0) is 23.9 Å². The third-order valence-electron chi connectivity index (χ3n) is 4.01. The Bertz CT molecular complexity index is 832. The Balaban J connectivity index is 2.41. The van der Waals surface area contributed by atoms with Gasteiger partial charge in [-0.2, -0.15) is 5.26 Å². The smallest absolute Gasteiger partial charge is 0.319 e. The molecule has 148 valence electrons. The molecule has 0 bridgehead atoms. The molecule has 1 N–H and O–H groups in total. The van der Waals surface area contributed by atoms with Gasteiger partial charge in [-0.15, -0.1) is 0 Å². The number of carbonyl (C=O) groups is 3. The van der Waals surface area contributed by atoms with E-state index in [4.69, 9.17) is 21.1 Å². The molecule has 1 aliphatic heterocycles. The summed E-state index contributed by atoms with van der Waals surface area (Å²) in [6.45, 7) is 2.18. The quantitative estimate of drug-likeness (QED) is 0.532. The number of carbonyl (C=O) groups excluding carboxylic acids is 3. The summed E-state index contributed by atoms with van der Waals surface area (Å²) in [6.07, 6.45) is 0.693. The molecule has 0 spiro atoms. The number of methoxy groups -OCH3 is 1. The Morgan fingerprint density at radius 1 is 1.32 bits per heavy atom. The Kier molecular flexibility index (Phi) is 7.91. The molecule has 9 heteroatoms. The first-order valence-electron chi connectivity index (χ1n) is 8.49. The number of thioether (sulfide) groups is 1. The number of allylic oxidation sites excluding steroid dienone is 1. The Morgan fingerprint density at radius 2 is 2.00 bits per heavy atom. The summed E-state index contributed by atoms with van der Waals surface area (Å²) in [5.41, 5.74) is 0.739. The van der Waals surface area contributed by atoms with Crippen LogP contribution in [0.3, 0.4) is 0 Å². The van der Waals surface area contributed by atoms with Crippen LogP contribution in [0.2, 0.25) is 5.02 Å². The second-order valence-electron chi connectivity index (χ2n) is 5.88. The third-order valence-corrected chi connectivity index (χ3v) is 5.26. The highest BCUT2D eigenvalue weighted by atomic mass is 35.5. The summed E-state index contributed by atoms with van der Waals surface area (Å²) < 4.78 is 9.78. The van der Waals surface area contributed by atoms with Crippen molar-refractivity contribution < 1.29 is 23.9 Å². The van der Waals surface area contributed by atoms with Gasteiger partial charge in [0.25, 0.3) is 0 Å². The van der Waals surface area contributed by atoms with Gasteiger partial charge in [-0.3, -0.25) is 14.4 Å². The van der Waals surface area contributed by atoms with Gasteiger partial charge in [0.05, 0.1) is 36.1 Å². The summed E-state index contributed by atoms with van der Waals surface area (Å²) in [5.74, 6) is -3.96. The number of benzene rings is 1. The number of ether oxygens (including phenoxy) is 2. The Morgan fingerprint density at radius 3 is 2.57 bits per heavy atom. The van der Waals surface area contributed by atoms with E-state index in [-0.39, 0.29) is 16.4 Å². The molecule has 1 heterocycles. The number of esters is 2. The van der Waals surface area contributed by atoms with E-state index < -0.39 is 29.7 Å². The molecule has 0 aliphatic carbocycles. The molecule has 0 radical (unpaired) electrons. The lowest BCUT2D eigenvalue weighted by Gasteiger charge is -2.30. The average molecular weight is 423 g/mol. The van der Waals surface area contributed by atoms with E-state index in [0.717, 1.165) is 11.8 Å². The first-order valence-corrected chi connectivity index (χ1v) is 9.86. The number of rotatable bonds is 7. The van der Waals surface area contributed by atoms with Crippen LogP contribution in [0.15, 0.2) is 34.9 Å². The number of nitrogens with one attached hydrogen (secondary N) is 1. The fourth-order valence-corrected chi connectivity index (χ4v) is 3.71. The maximum absolute atomic E-state index is 12.6. The lowest BCUT2D eigenvalue weighted by Crippen LogP contribution is -2.44. The van der Waals surface area contributed by atoms with Gasteiger partial charge >= 0.3 is 11.9 Å². The standard InChI is InChI=1S/C19H19ClN2O5S/c1-3-8-27-14(23)10-28-18-13(9-21)15(11-4-6-12(20)7-5-11)16(17(24)22-18)19(25)26-2/h4-7,15-16H,3,8,10H2,1-2H3,(H,22,24)/t15-,16+/m0/s1. The molecule has 0 saturated heterocycles. The van der Waals surface area contributed by atoms with E-state index in [2.05, 4.69) is 11.4 Å². The van der Waals surface area contributed by atoms with Crippen molar-refractivity contribution in [2.45, 2.75) is 19.3 Å². The van der Waals surface area contributed by atoms with Crippen molar-refractivity contribution in [3.8, 4) is 6.07 Å². The molecule has 7 nitrogen and oxygen atoms in total. The van der Waals surface area contributed by atoms with Gasteiger partial charge in [0.1, 0.15) is 5.92 Å². The van der Waals surface area contributed by atoms with Crippen molar-refractivity contribution in [1.29, 1.82) is 5.26 Å². The van der Waals surface area contributed by atoms with Gasteiger partial charge in [0.2, 0.25) is 5.91 Å². The van der Waals surface area contributed by atoms with Crippen molar-refractivity contribution in [2.24, 2.45) is 5.92 Å².